The lowest BCUT2D eigenvalue weighted by Gasteiger charge is -1.99. The third-order valence-corrected chi connectivity index (χ3v) is 3.92. The highest BCUT2D eigenvalue weighted by Gasteiger charge is 2.45. The molecule has 1 fully saturated rings. The van der Waals surface area contributed by atoms with Gasteiger partial charge in [0.05, 0.1) is 11.6 Å². The number of benzene rings is 2. The summed E-state index contributed by atoms with van der Waals surface area (Å²) in [5.41, 5.74) is 2.94. The summed E-state index contributed by atoms with van der Waals surface area (Å²) in [5, 5.41) is 3.91. The van der Waals surface area contributed by atoms with Gasteiger partial charge in [-0.25, -0.2) is 4.79 Å². The van der Waals surface area contributed by atoms with E-state index in [-0.39, 0.29) is 17.8 Å². The van der Waals surface area contributed by atoms with Crippen LogP contribution < -0.4 is 0 Å². The maximum absolute atomic E-state index is 12.0. The Labute approximate surface area is 136 Å². The van der Waals surface area contributed by atoms with Crippen LogP contribution in [0, 0.1) is 5.92 Å². The number of carbonyl (C=O) groups is 1. The maximum Gasteiger partial charge on any atom is 0.338 e. The summed E-state index contributed by atoms with van der Waals surface area (Å²) in [6, 6.07) is 20.0. The summed E-state index contributed by atoms with van der Waals surface area (Å²) < 4.78 is 0. The first kappa shape index (κ1) is 15.2. The molecule has 0 bridgehead atoms. The van der Waals surface area contributed by atoms with Crippen LogP contribution >= 0.6 is 0 Å². The molecule has 3 nitrogen and oxygen atoms in total. The van der Waals surface area contributed by atoms with E-state index in [2.05, 4.69) is 17.3 Å². The fourth-order valence-electron chi connectivity index (χ4n) is 2.52. The highest BCUT2D eigenvalue weighted by atomic mass is 16.7. The van der Waals surface area contributed by atoms with E-state index in [1.165, 1.54) is 5.56 Å². The first-order chi connectivity index (χ1) is 11.2. The highest BCUT2D eigenvalue weighted by Crippen LogP contribution is 2.48. The summed E-state index contributed by atoms with van der Waals surface area (Å²) in [7, 11) is 0. The molecule has 3 rings (SSSR count). The van der Waals surface area contributed by atoms with Gasteiger partial charge in [-0.1, -0.05) is 71.9 Å². The van der Waals surface area contributed by atoms with Crippen LogP contribution in [0.4, 0.5) is 0 Å². The van der Waals surface area contributed by atoms with Crippen LogP contribution in [0.5, 0.6) is 0 Å². The van der Waals surface area contributed by atoms with E-state index in [1.807, 2.05) is 67.6 Å². The second-order valence-electron chi connectivity index (χ2n) is 5.75. The van der Waals surface area contributed by atoms with Gasteiger partial charge in [0, 0.05) is 0 Å². The molecule has 0 spiro atoms. The Morgan fingerprint density at radius 2 is 1.74 bits per heavy atom. The van der Waals surface area contributed by atoms with Crippen molar-refractivity contribution in [1.82, 2.24) is 0 Å². The van der Waals surface area contributed by atoms with E-state index in [1.54, 1.807) is 0 Å². The second-order valence-corrected chi connectivity index (χ2v) is 5.75. The Bertz CT molecular complexity index is 720. The summed E-state index contributed by atoms with van der Waals surface area (Å²) in [6.45, 7) is 1.81. The van der Waals surface area contributed by atoms with E-state index in [9.17, 15) is 4.79 Å². The molecular weight excluding hydrogens is 286 g/mol. The minimum absolute atomic E-state index is 0.0629. The summed E-state index contributed by atoms with van der Waals surface area (Å²) in [4.78, 5) is 17.1. The number of hydrogen-bond acceptors (Lipinski definition) is 3. The summed E-state index contributed by atoms with van der Waals surface area (Å²) >= 11 is 0. The first-order valence-corrected chi connectivity index (χ1v) is 7.77. The largest absolute Gasteiger partial charge is 0.338 e. The van der Waals surface area contributed by atoms with Crippen LogP contribution in [0.15, 0.2) is 71.9 Å². The highest BCUT2D eigenvalue weighted by molar-refractivity contribution is 5.96. The zero-order chi connectivity index (χ0) is 16.1. The molecule has 2 aromatic carbocycles. The smallest absolute Gasteiger partial charge is 0.318 e. The number of carbonyl (C=O) groups excluding carboxylic acids is 1. The number of oxime groups is 1. The predicted molar refractivity (Wildman–Crippen MR) is 92.0 cm³/mol. The van der Waals surface area contributed by atoms with Crippen molar-refractivity contribution in [3.8, 4) is 0 Å². The number of rotatable bonds is 5. The third-order valence-electron chi connectivity index (χ3n) is 3.92. The van der Waals surface area contributed by atoms with Gasteiger partial charge in [0.15, 0.2) is 0 Å². The Balaban J connectivity index is 1.52. The zero-order valence-corrected chi connectivity index (χ0v) is 13.1. The molecule has 0 radical (unpaired) electrons. The number of nitrogens with zero attached hydrogens (tertiary/aromatic N) is 1. The zero-order valence-electron chi connectivity index (χ0n) is 13.1. The number of hydrogen-bond donors (Lipinski definition) is 0. The van der Waals surface area contributed by atoms with Crippen molar-refractivity contribution < 1.29 is 9.63 Å². The fraction of sp³-hybridized carbons (Fsp3) is 0.200. The van der Waals surface area contributed by atoms with Gasteiger partial charge in [-0.15, -0.1) is 0 Å². The Morgan fingerprint density at radius 1 is 1.09 bits per heavy atom. The molecule has 0 heterocycles. The maximum atomic E-state index is 12.0. The molecule has 1 aliphatic carbocycles. The molecule has 2 aromatic rings. The Hall–Kier alpha value is -2.68. The molecule has 2 atom stereocenters. The normalized spacial score (nSPS) is 20.5. The average Bonchev–Trinajstić information content (AvgIpc) is 3.40. The molecule has 3 heteroatoms. The molecule has 0 amide bonds. The molecule has 116 valence electrons. The lowest BCUT2D eigenvalue weighted by Crippen LogP contribution is -2.05. The van der Waals surface area contributed by atoms with Gasteiger partial charge in [0.2, 0.25) is 0 Å². The Kier molecular flexibility index (Phi) is 4.67. The van der Waals surface area contributed by atoms with E-state index in [0.29, 0.717) is 5.71 Å². The van der Waals surface area contributed by atoms with Crippen LogP contribution in [0.25, 0.3) is 6.08 Å². The van der Waals surface area contributed by atoms with Gasteiger partial charge < -0.3 is 4.84 Å². The average molecular weight is 305 g/mol. The molecule has 0 aromatic heterocycles. The molecule has 1 saturated carbocycles. The molecule has 1 aliphatic rings. The predicted octanol–water partition coefficient (Wildman–Crippen LogP) is 4.42. The third kappa shape index (κ3) is 4.16. The summed E-state index contributed by atoms with van der Waals surface area (Å²) in [5.74, 6) is -0.0302. The van der Waals surface area contributed by atoms with E-state index < -0.39 is 0 Å². The van der Waals surface area contributed by atoms with Crippen molar-refractivity contribution in [2.75, 3.05) is 0 Å². The molecule has 0 saturated heterocycles. The van der Waals surface area contributed by atoms with E-state index in [0.717, 1.165) is 12.0 Å². The molecule has 0 unspecified atom stereocenters. The molecule has 0 aliphatic heterocycles. The molecule has 23 heavy (non-hydrogen) atoms. The van der Waals surface area contributed by atoms with Crippen LogP contribution in [0.1, 0.15) is 30.4 Å². The van der Waals surface area contributed by atoms with Crippen LogP contribution in [0.2, 0.25) is 0 Å². The van der Waals surface area contributed by atoms with E-state index in [4.69, 9.17) is 4.84 Å². The molecular formula is C20H19NO2. The van der Waals surface area contributed by atoms with Crippen molar-refractivity contribution in [3.05, 3.63) is 77.9 Å². The monoisotopic (exact) mass is 305 g/mol. The van der Waals surface area contributed by atoms with Gasteiger partial charge in [-0.2, -0.15) is 0 Å². The topological polar surface area (TPSA) is 38.7 Å². The van der Waals surface area contributed by atoms with E-state index >= 15 is 0 Å². The van der Waals surface area contributed by atoms with Gasteiger partial charge in [-0.3, -0.25) is 0 Å². The van der Waals surface area contributed by atoms with Gasteiger partial charge in [0.1, 0.15) is 0 Å². The first-order valence-electron chi connectivity index (χ1n) is 7.77. The van der Waals surface area contributed by atoms with Gasteiger partial charge >= 0.3 is 5.97 Å². The van der Waals surface area contributed by atoms with Crippen LogP contribution in [0.3, 0.4) is 0 Å². The van der Waals surface area contributed by atoms with Crippen molar-refractivity contribution in [2.24, 2.45) is 11.1 Å². The molecule has 0 N–H and O–H groups in total. The minimum Gasteiger partial charge on any atom is -0.318 e. The SMILES string of the molecule is CC(/C=C/c1ccccc1)=N\OC(=O)[C@@H]1C[C@H]1c1ccccc1. The standard InChI is InChI=1S/C20H19NO2/c1-15(12-13-16-8-4-2-5-9-16)21-23-20(22)19-14-18(19)17-10-6-3-7-11-17/h2-13,18-19H,14H2,1H3/b13-12+,21-15+/t18-,19+/m0/s1. The minimum atomic E-state index is -0.244. The fourth-order valence-corrected chi connectivity index (χ4v) is 2.52. The van der Waals surface area contributed by atoms with Crippen LogP contribution in [-0.2, 0) is 9.63 Å². The van der Waals surface area contributed by atoms with Crippen molar-refractivity contribution >= 4 is 17.8 Å². The quantitative estimate of drug-likeness (QED) is 0.466. The number of allylic oxidation sites excluding steroid dienone is 1. The van der Waals surface area contributed by atoms with Crippen molar-refractivity contribution in [3.63, 3.8) is 0 Å². The lowest BCUT2D eigenvalue weighted by molar-refractivity contribution is -0.145. The lowest BCUT2D eigenvalue weighted by atomic mass is 10.1. The Morgan fingerprint density at radius 3 is 2.43 bits per heavy atom. The van der Waals surface area contributed by atoms with Gasteiger partial charge in [0.25, 0.3) is 0 Å². The van der Waals surface area contributed by atoms with Crippen molar-refractivity contribution in [2.45, 2.75) is 19.3 Å². The summed E-state index contributed by atoms with van der Waals surface area (Å²) in [6.07, 6.45) is 4.62. The second kappa shape index (κ2) is 7.05. The van der Waals surface area contributed by atoms with Gasteiger partial charge in [-0.05, 0) is 36.5 Å². The van der Waals surface area contributed by atoms with Crippen molar-refractivity contribution in [1.29, 1.82) is 0 Å². The van der Waals surface area contributed by atoms with Crippen LogP contribution in [-0.4, -0.2) is 11.7 Å².